The highest BCUT2D eigenvalue weighted by atomic mass is 32.3. The van der Waals surface area contributed by atoms with Gasteiger partial charge in [-0.25, -0.2) is 51.2 Å². The molecule has 0 amide bonds. The van der Waals surface area contributed by atoms with Gasteiger partial charge in [0.1, 0.15) is 6.61 Å². The van der Waals surface area contributed by atoms with E-state index in [-0.39, 0.29) is 24.7 Å². The summed E-state index contributed by atoms with van der Waals surface area (Å²) in [5.41, 5.74) is -2.13. The average Bonchev–Trinajstić information content (AvgIpc) is 3.04. The van der Waals surface area contributed by atoms with Crippen molar-refractivity contribution in [3.8, 4) is 0 Å². The first-order chi connectivity index (χ1) is 27.4. The number of hydrogen-bond acceptors (Lipinski definition) is 14. The van der Waals surface area contributed by atoms with Crippen LogP contribution in [0.2, 0.25) is 0 Å². The van der Waals surface area contributed by atoms with Crippen LogP contribution >= 0.6 is 0 Å². The van der Waals surface area contributed by atoms with E-state index in [9.17, 15) is 78.8 Å². The molecular formula is C34H61F7N3O14S4-3. The summed E-state index contributed by atoms with van der Waals surface area (Å²) in [5.74, 6) is -10.6. The minimum atomic E-state index is -4.76. The smallest absolute Gasteiger partial charge is 0.371 e. The molecule has 0 spiro atoms. The number of ether oxygens (including phenoxy) is 3. The lowest BCUT2D eigenvalue weighted by Crippen LogP contribution is -2.34. The molecule has 17 nitrogen and oxygen atoms in total. The lowest BCUT2D eigenvalue weighted by atomic mass is 9.91. The summed E-state index contributed by atoms with van der Waals surface area (Å²) in [6, 6.07) is 0. The quantitative estimate of drug-likeness (QED) is 0.0366. The van der Waals surface area contributed by atoms with E-state index in [1.807, 2.05) is 6.92 Å². The molecule has 0 aliphatic carbocycles. The Kier molecular flexibility index (Phi) is 26.7. The lowest BCUT2D eigenvalue weighted by Gasteiger charge is -2.30. The zero-order valence-electron chi connectivity index (χ0n) is 36.7. The molecule has 0 unspecified atom stereocenters. The van der Waals surface area contributed by atoms with Crippen LogP contribution in [0, 0.1) is 16.2 Å². The Balaban J connectivity index is -0.000000852. The van der Waals surface area contributed by atoms with Crippen molar-refractivity contribution in [2.75, 3.05) is 56.9 Å². The van der Waals surface area contributed by atoms with Crippen molar-refractivity contribution in [3.05, 3.63) is 13.6 Å². The number of halogens is 7. The van der Waals surface area contributed by atoms with E-state index in [4.69, 9.17) is 9.47 Å². The number of hydrogen-bond donors (Lipinski definition) is 0. The molecule has 0 aromatic carbocycles. The largest absolute Gasteiger partial charge is 0.650 e. The molecule has 0 aliphatic rings. The number of esters is 3. The summed E-state index contributed by atoms with van der Waals surface area (Å²) in [6.45, 7) is 10.8. The highest BCUT2D eigenvalue weighted by Crippen LogP contribution is 2.35. The van der Waals surface area contributed by atoms with Crippen molar-refractivity contribution in [1.82, 2.24) is 0 Å². The number of rotatable bonds is 26. The molecule has 0 aromatic heterocycles. The summed E-state index contributed by atoms with van der Waals surface area (Å²) in [5, 5.41) is 2.56. The number of carbonyl (C=O) groups is 3. The molecule has 0 aliphatic heterocycles. The van der Waals surface area contributed by atoms with Crippen molar-refractivity contribution in [2.45, 2.75) is 125 Å². The number of carbonyl (C=O) groups excluding carboxylic acids is 3. The fourth-order valence-electron chi connectivity index (χ4n) is 3.46. The van der Waals surface area contributed by atoms with Crippen LogP contribution in [-0.2, 0) is 68.7 Å². The third kappa shape index (κ3) is 34.1. The van der Waals surface area contributed by atoms with Gasteiger partial charge in [-0.1, -0.05) is 33.9 Å². The van der Waals surface area contributed by atoms with Gasteiger partial charge in [0.2, 0.25) is 5.92 Å². The predicted octanol–water partition coefficient (Wildman–Crippen LogP) is 6.99. The van der Waals surface area contributed by atoms with Crippen molar-refractivity contribution in [1.29, 1.82) is 0 Å². The molecule has 0 heterocycles. The van der Waals surface area contributed by atoms with E-state index in [0.29, 0.717) is 31.9 Å². The zero-order chi connectivity index (χ0) is 49.9. The van der Waals surface area contributed by atoms with Gasteiger partial charge in [-0.2, -0.15) is 13.2 Å². The normalized spacial score (nSPS) is 13.5. The predicted molar refractivity (Wildman–Crippen MR) is 217 cm³/mol. The van der Waals surface area contributed by atoms with Crippen LogP contribution in [0.3, 0.4) is 0 Å². The summed E-state index contributed by atoms with van der Waals surface area (Å²) >= 11 is 0. The first-order valence-corrected chi connectivity index (χ1v) is 25.6. The van der Waals surface area contributed by atoms with Crippen LogP contribution in [0.1, 0.15) is 107 Å². The monoisotopic (exact) mass is 996 g/mol. The van der Waals surface area contributed by atoms with Crippen LogP contribution in [0.5, 0.6) is 0 Å². The standard InChI is InChI=1S/C14H21F7NO2.C11H22NO6S2.C9H18NO6S2/c1-4-11(2,3)10(23)24-6-5-12(15,16)7-13(17,18)8-22-9-14(19,20)21;1-5-11(2,3)10(13)18-8-6-7-9-20(16,17)12-19(4,14)15;1-5-9(2,3)8(11)16-6-7-18(14,15)10-17(4,12)13/h4-9H2,1-3H3;5-9H2,1-4H3;5-7H2,1-4H3/q3*-1. The zero-order valence-corrected chi connectivity index (χ0v) is 40.0. The molecule has 62 heavy (non-hydrogen) atoms. The number of sulfonamides is 4. The summed E-state index contributed by atoms with van der Waals surface area (Å²) in [6.07, 6.45) is -4.36. The highest BCUT2D eigenvalue weighted by Gasteiger charge is 2.41. The fourth-order valence-corrected chi connectivity index (χ4v) is 8.22. The lowest BCUT2D eigenvalue weighted by molar-refractivity contribution is -0.158. The van der Waals surface area contributed by atoms with E-state index in [1.54, 1.807) is 55.4 Å². The topological polar surface area (TPSA) is 258 Å². The second kappa shape index (κ2) is 25.9. The van der Waals surface area contributed by atoms with Crippen LogP contribution in [-0.4, -0.2) is 127 Å². The van der Waals surface area contributed by atoms with Crippen LogP contribution in [0.25, 0.3) is 13.6 Å². The van der Waals surface area contributed by atoms with Crippen molar-refractivity contribution < 1.29 is 93.0 Å². The molecule has 0 bridgehead atoms. The van der Waals surface area contributed by atoms with Gasteiger partial charge in [-0.3, -0.25) is 14.4 Å². The van der Waals surface area contributed by atoms with Crippen molar-refractivity contribution in [2.24, 2.45) is 16.2 Å². The molecular weight excluding hydrogens is 936 g/mol. The maximum atomic E-state index is 13.5. The molecule has 0 N–H and O–H groups in total. The number of nitrogens with zero attached hydrogens (tertiary/aromatic N) is 3. The van der Waals surface area contributed by atoms with Crippen LogP contribution in [0.15, 0.2) is 0 Å². The Morgan fingerprint density at radius 2 is 0.855 bits per heavy atom. The molecule has 0 saturated carbocycles. The maximum Gasteiger partial charge on any atom is 0.371 e. The van der Waals surface area contributed by atoms with E-state index >= 15 is 0 Å². The SMILES string of the molecule is CCC(C)(C)C(=O)OCCC(F)(F)CC(F)(F)C[N-]CC(F)(F)F.CCC(C)(C)C(=O)OCCCCS(=O)(=O)[N-]S(C)(=O)=O.CCC(C)(C)C(=O)OCCS(=O)(=O)[N-]S(C)(=O)=O. The van der Waals surface area contributed by atoms with Crippen molar-refractivity contribution in [3.63, 3.8) is 0 Å². The Labute approximate surface area is 361 Å². The van der Waals surface area contributed by atoms with E-state index in [2.05, 4.69) is 18.3 Å². The third-order valence-electron chi connectivity index (χ3n) is 8.26. The first-order valence-electron chi connectivity index (χ1n) is 18.7. The Bertz CT molecular complexity index is 1860. The Hall–Kier alpha value is -2.40. The average molecular weight is 997 g/mol. The summed E-state index contributed by atoms with van der Waals surface area (Å²) in [7, 11) is -16.0. The molecule has 0 aromatic rings. The fraction of sp³-hybridized carbons (Fsp3) is 0.912. The van der Waals surface area contributed by atoms with Crippen LogP contribution < -0.4 is 0 Å². The second-order valence-electron chi connectivity index (χ2n) is 15.8. The van der Waals surface area contributed by atoms with Gasteiger partial charge in [0.15, 0.2) is 0 Å². The summed E-state index contributed by atoms with van der Waals surface area (Å²) in [4.78, 5) is 34.7. The Morgan fingerprint density at radius 1 is 0.500 bits per heavy atom. The first kappa shape index (κ1) is 63.9. The Morgan fingerprint density at radius 3 is 1.21 bits per heavy atom. The van der Waals surface area contributed by atoms with Crippen molar-refractivity contribution >= 4 is 58.0 Å². The molecule has 0 fully saturated rings. The highest BCUT2D eigenvalue weighted by molar-refractivity contribution is 8.12. The molecule has 0 rings (SSSR count). The number of alkyl halides is 7. The number of unbranched alkanes of at least 4 members (excludes halogenated alkanes) is 1. The van der Waals surface area contributed by atoms with Gasteiger partial charge < -0.3 is 27.8 Å². The van der Waals surface area contributed by atoms with Gasteiger partial charge in [0, 0.05) is 24.7 Å². The minimum absolute atomic E-state index is 0.108. The maximum absolute atomic E-state index is 13.5. The van der Waals surface area contributed by atoms with Gasteiger partial charge >= 0.3 is 24.1 Å². The van der Waals surface area contributed by atoms with Gasteiger partial charge in [-0.05, 0) is 73.6 Å². The molecule has 372 valence electrons. The third-order valence-corrected chi connectivity index (χ3v) is 13.7. The van der Waals surface area contributed by atoms with Gasteiger partial charge in [-0.15, -0.1) is 0 Å². The summed E-state index contributed by atoms with van der Waals surface area (Å²) < 4.78 is 197. The second-order valence-corrected chi connectivity index (χ2v) is 23.1. The van der Waals surface area contributed by atoms with E-state index < -0.39 is 131 Å². The van der Waals surface area contributed by atoms with Gasteiger partial charge in [0.25, 0.3) is 5.92 Å². The molecule has 0 atom stereocenters. The van der Waals surface area contributed by atoms with Gasteiger partial charge in [0.05, 0.1) is 81.7 Å². The molecule has 0 saturated heterocycles. The van der Waals surface area contributed by atoms with E-state index in [1.165, 1.54) is 0 Å². The van der Waals surface area contributed by atoms with E-state index in [0.717, 1.165) is 6.26 Å². The van der Waals surface area contributed by atoms with Crippen LogP contribution in [0.4, 0.5) is 30.7 Å². The molecule has 28 heteroatoms. The molecule has 0 radical (unpaired) electrons. The minimum Gasteiger partial charge on any atom is -0.650 e.